The zero-order chi connectivity index (χ0) is 16.8. The molecule has 1 atom stereocenters. The van der Waals surface area contributed by atoms with Gasteiger partial charge in [-0.05, 0) is 43.6 Å². The number of nitrogens with zero attached hydrogens (tertiary/aromatic N) is 3. The number of hydrogen-bond acceptors (Lipinski definition) is 4. The number of halogens is 1. The lowest BCUT2D eigenvalue weighted by Crippen LogP contribution is -2.38. The molecule has 24 heavy (non-hydrogen) atoms. The number of rotatable bonds is 5. The van der Waals surface area contributed by atoms with Gasteiger partial charge in [-0.2, -0.15) is 0 Å². The number of nitrogens with one attached hydrogen (secondary N) is 2. The van der Waals surface area contributed by atoms with Crippen molar-refractivity contribution >= 4 is 11.8 Å². The first-order valence-corrected chi connectivity index (χ1v) is 8.03. The van der Waals surface area contributed by atoms with Crippen molar-refractivity contribution in [2.24, 2.45) is 0 Å². The van der Waals surface area contributed by atoms with Crippen LogP contribution in [0.4, 0.5) is 15.0 Å². The Morgan fingerprint density at radius 1 is 1.21 bits per heavy atom. The number of aromatic nitrogens is 2. The van der Waals surface area contributed by atoms with Crippen molar-refractivity contribution < 1.29 is 9.18 Å². The molecule has 0 radical (unpaired) electrons. The van der Waals surface area contributed by atoms with E-state index < -0.39 is 0 Å². The molecule has 1 aromatic carbocycles. The van der Waals surface area contributed by atoms with E-state index in [9.17, 15) is 9.18 Å². The number of carbonyl (C=O) groups excluding carboxylic acids is 1. The second kappa shape index (κ2) is 7.83. The molecular formula is C17H20FN5O. The molecule has 0 aliphatic carbocycles. The molecule has 0 saturated carbocycles. The average molecular weight is 329 g/mol. The molecule has 3 rings (SSSR count). The molecule has 1 fully saturated rings. The van der Waals surface area contributed by atoms with Crippen LogP contribution in [0.2, 0.25) is 0 Å². The van der Waals surface area contributed by atoms with Crippen LogP contribution in [0, 0.1) is 5.82 Å². The molecule has 2 heterocycles. The standard InChI is InChI=1S/C17H20FN5O/c18-14-5-3-13(4-6-14)15(23-9-1-2-10-23)11-21-17(24)22-16-12-19-7-8-20-16/h3-8,12,15H,1-2,9-11H2,(H2,20,21,22,24). The van der Waals surface area contributed by atoms with Crippen molar-refractivity contribution in [3.8, 4) is 0 Å². The Kier molecular flexibility index (Phi) is 5.32. The predicted molar refractivity (Wildman–Crippen MR) is 89.0 cm³/mol. The Morgan fingerprint density at radius 3 is 2.62 bits per heavy atom. The van der Waals surface area contributed by atoms with Crippen molar-refractivity contribution in [3.05, 3.63) is 54.2 Å². The largest absolute Gasteiger partial charge is 0.336 e. The van der Waals surface area contributed by atoms with E-state index in [1.54, 1.807) is 18.3 Å². The van der Waals surface area contributed by atoms with Crippen LogP contribution < -0.4 is 10.6 Å². The number of anilines is 1. The van der Waals surface area contributed by atoms with Gasteiger partial charge in [0.15, 0.2) is 5.82 Å². The van der Waals surface area contributed by atoms with Gasteiger partial charge in [0.1, 0.15) is 5.82 Å². The molecule has 6 nitrogen and oxygen atoms in total. The number of carbonyl (C=O) groups is 1. The molecule has 1 aliphatic rings. The number of amides is 2. The highest BCUT2D eigenvalue weighted by atomic mass is 19.1. The van der Waals surface area contributed by atoms with Gasteiger partial charge in [0.25, 0.3) is 0 Å². The van der Waals surface area contributed by atoms with Crippen molar-refractivity contribution in [2.75, 3.05) is 25.0 Å². The summed E-state index contributed by atoms with van der Waals surface area (Å²) in [6, 6.07) is 6.17. The zero-order valence-electron chi connectivity index (χ0n) is 13.3. The molecule has 2 N–H and O–H groups in total. The summed E-state index contributed by atoms with van der Waals surface area (Å²) in [5, 5.41) is 5.51. The molecule has 0 spiro atoms. The summed E-state index contributed by atoms with van der Waals surface area (Å²) in [5.41, 5.74) is 0.998. The summed E-state index contributed by atoms with van der Waals surface area (Å²) < 4.78 is 13.2. The maximum atomic E-state index is 13.2. The topological polar surface area (TPSA) is 70.2 Å². The highest BCUT2D eigenvalue weighted by Gasteiger charge is 2.24. The molecule has 1 saturated heterocycles. The van der Waals surface area contributed by atoms with E-state index in [0.29, 0.717) is 12.4 Å². The van der Waals surface area contributed by atoms with Crippen molar-refractivity contribution in [1.82, 2.24) is 20.2 Å². The van der Waals surface area contributed by atoms with Crippen LogP contribution in [0.15, 0.2) is 42.9 Å². The van der Waals surface area contributed by atoms with E-state index in [1.807, 2.05) is 0 Å². The van der Waals surface area contributed by atoms with Gasteiger partial charge < -0.3 is 5.32 Å². The Balaban J connectivity index is 1.63. The quantitative estimate of drug-likeness (QED) is 0.884. The molecule has 7 heteroatoms. The molecule has 1 aliphatic heterocycles. The number of benzene rings is 1. The Morgan fingerprint density at radius 2 is 1.96 bits per heavy atom. The van der Waals surface area contributed by atoms with Gasteiger partial charge in [0, 0.05) is 18.9 Å². The van der Waals surface area contributed by atoms with Crippen LogP contribution in [0.1, 0.15) is 24.4 Å². The first kappa shape index (κ1) is 16.3. The smallest absolute Gasteiger partial charge is 0.320 e. The lowest BCUT2D eigenvalue weighted by molar-refractivity contribution is 0.227. The van der Waals surface area contributed by atoms with Crippen LogP contribution in [0.25, 0.3) is 0 Å². The lowest BCUT2D eigenvalue weighted by Gasteiger charge is -2.28. The Hall–Kier alpha value is -2.54. The van der Waals surface area contributed by atoms with Crippen LogP contribution in [0.5, 0.6) is 0 Å². The van der Waals surface area contributed by atoms with E-state index in [4.69, 9.17) is 0 Å². The molecule has 2 aromatic rings. The summed E-state index contributed by atoms with van der Waals surface area (Å²) in [5.74, 6) is 0.141. The van der Waals surface area contributed by atoms with Gasteiger partial charge in [0.2, 0.25) is 0 Å². The van der Waals surface area contributed by atoms with Crippen molar-refractivity contribution in [3.63, 3.8) is 0 Å². The van der Waals surface area contributed by atoms with Crippen LogP contribution >= 0.6 is 0 Å². The van der Waals surface area contributed by atoms with Crippen molar-refractivity contribution in [2.45, 2.75) is 18.9 Å². The van der Waals surface area contributed by atoms with Gasteiger partial charge in [0.05, 0.1) is 12.2 Å². The monoisotopic (exact) mass is 329 g/mol. The Labute approximate surface area is 140 Å². The molecule has 1 aromatic heterocycles. The highest BCUT2D eigenvalue weighted by molar-refractivity contribution is 5.87. The third-order valence-corrected chi connectivity index (χ3v) is 4.10. The van der Waals surface area contributed by atoms with Crippen molar-refractivity contribution in [1.29, 1.82) is 0 Å². The summed E-state index contributed by atoms with van der Waals surface area (Å²) in [6.07, 6.45) is 6.83. The summed E-state index contributed by atoms with van der Waals surface area (Å²) in [6.45, 7) is 2.41. The SMILES string of the molecule is O=C(NCC(c1ccc(F)cc1)N1CCCC1)Nc1cnccn1. The van der Waals surface area contributed by atoms with Crippen LogP contribution in [-0.2, 0) is 0 Å². The van der Waals surface area contributed by atoms with Gasteiger partial charge in [-0.15, -0.1) is 0 Å². The molecular weight excluding hydrogens is 309 g/mol. The van der Waals surface area contributed by atoms with E-state index in [-0.39, 0.29) is 17.9 Å². The third kappa shape index (κ3) is 4.26. The summed E-state index contributed by atoms with van der Waals surface area (Å²) >= 11 is 0. The van der Waals surface area contributed by atoms with E-state index in [1.165, 1.54) is 24.5 Å². The maximum absolute atomic E-state index is 13.2. The lowest BCUT2D eigenvalue weighted by atomic mass is 10.1. The minimum atomic E-state index is -0.332. The number of likely N-dealkylation sites (tertiary alicyclic amines) is 1. The number of hydrogen-bond donors (Lipinski definition) is 2. The van der Waals surface area contributed by atoms with Gasteiger partial charge in [-0.3, -0.25) is 15.2 Å². The first-order valence-electron chi connectivity index (χ1n) is 8.03. The molecule has 126 valence electrons. The van der Waals surface area contributed by atoms with Gasteiger partial charge in [-0.1, -0.05) is 12.1 Å². The third-order valence-electron chi connectivity index (χ3n) is 4.10. The zero-order valence-corrected chi connectivity index (χ0v) is 13.3. The average Bonchev–Trinajstić information content (AvgIpc) is 3.12. The molecule has 1 unspecified atom stereocenters. The minimum absolute atomic E-state index is 0.0284. The molecule has 2 amide bonds. The van der Waals surface area contributed by atoms with Crippen LogP contribution in [0.3, 0.4) is 0 Å². The molecule has 0 bridgehead atoms. The summed E-state index contributed by atoms with van der Waals surface area (Å²) in [7, 11) is 0. The number of urea groups is 1. The van der Waals surface area contributed by atoms with Crippen LogP contribution in [-0.4, -0.2) is 40.5 Å². The van der Waals surface area contributed by atoms with Gasteiger partial charge >= 0.3 is 6.03 Å². The fourth-order valence-corrected chi connectivity index (χ4v) is 2.91. The van der Waals surface area contributed by atoms with E-state index >= 15 is 0 Å². The second-order valence-corrected chi connectivity index (χ2v) is 5.74. The highest BCUT2D eigenvalue weighted by Crippen LogP contribution is 2.24. The van der Waals surface area contributed by atoms with Gasteiger partial charge in [-0.25, -0.2) is 14.2 Å². The predicted octanol–water partition coefficient (Wildman–Crippen LogP) is 2.57. The fourth-order valence-electron chi connectivity index (χ4n) is 2.91. The Bertz CT molecular complexity index is 658. The van der Waals surface area contributed by atoms with E-state index in [2.05, 4.69) is 25.5 Å². The van der Waals surface area contributed by atoms with E-state index in [0.717, 1.165) is 31.5 Å². The fraction of sp³-hybridized carbons (Fsp3) is 0.353. The normalized spacial score (nSPS) is 15.9. The minimum Gasteiger partial charge on any atom is -0.336 e. The first-order chi connectivity index (χ1) is 11.7. The maximum Gasteiger partial charge on any atom is 0.320 e. The second-order valence-electron chi connectivity index (χ2n) is 5.74. The summed E-state index contributed by atoms with van der Waals surface area (Å²) in [4.78, 5) is 22.3.